The summed E-state index contributed by atoms with van der Waals surface area (Å²) in [6.45, 7) is 4.11. The second-order valence-electron chi connectivity index (χ2n) is 8.40. The van der Waals surface area contributed by atoms with Crippen LogP contribution in [0.4, 0.5) is 10.5 Å². The lowest BCUT2D eigenvalue weighted by atomic mass is 10.1. The molecule has 0 radical (unpaired) electrons. The van der Waals surface area contributed by atoms with E-state index in [0.717, 1.165) is 44.1 Å². The highest BCUT2D eigenvalue weighted by Crippen LogP contribution is 2.41. The Labute approximate surface area is 203 Å². The average Bonchev–Trinajstić information content (AvgIpc) is 3.40. The van der Waals surface area contributed by atoms with Crippen LogP contribution in [0.1, 0.15) is 28.1 Å². The third-order valence-corrected chi connectivity index (χ3v) is 5.86. The number of nitrogens with zero attached hydrogens (tertiary/aromatic N) is 2. The van der Waals surface area contributed by atoms with Crippen LogP contribution in [0.25, 0.3) is 22.6 Å². The number of carbonyl (C=O) groups excluding carboxylic acids is 1. The molecule has 1 aromatic heterocycles. The summed E-state index contributed by atoms with van der Waals surface area (Å²) in [4.78, 5) is 23.2. The lowest BCUT2D eigenvalue weighted by Gasteiger charge is -2.22. The van der Waals surface area contributed by atoms with Crippen molar-refractivity contribution in [1.82, 2.24) is 4.98 Å². The van der Waals surface area contributed by atoms with E-state index in [1.165, 1.54) is 0 Å². The first kappa shape index (κ1) is 22.4. The van der Waals surface area contributed by atoms with Crippen LogP contribution in [-0.2, 0) is 17.9 Å². The van der Waals surface area contributed by atoms with Crippen molar-refractivity contribution >= 4 is 11.7 Å². The minimum atomic E-state index is -0.715. The Hall–Kier alpha value is -4.36. The highest BCUT2D eigenvalue weighted by molar-refractivity contribution is 5.97. The number of aryl methyl sites for hydroxylation is 2. The molecule has 1 aliphatic heterocycles. The zero-order valence-corrected chi connectivity index (χ0v) is 19.5. The van der Waals surface area contributed by atoms with Crippen molar-refractivity contribution in [3.8, 4) is 22.6 Å². The van der Waals surface area contributed by atoms with E-state index in [4.69, 9.17) is 24.4 Å². The third-order valence-electron chi connectivity index (χ3n) is 5.86. The predicted molar refractivity (Wildman–Crippen MR) is 133 cm³/mol. The maximum atomic E-state index is 12.5. The molecule has 0 unspecified atom stereocenters. The fraction of sp³-hybridized carbons (Fsp3) is 0.143. The number of hydroxylamine groups is 1. The highest BCUT2D eigenvalue weighted by Gasteiger charge is 2.27. The van der Waals surface area contributed by atoms with E-state index in [9.17, 15) is 4.79 Å². The maximum absolute atomic E-state index is 12.5. The van der Waals surface area contributed by atoms with Gasteiger partial charge in [-0.05, 0) is 49.2 Å². The largest absolute Gasteiger partial charge is 0.472 e. The topological polar surface area (TPSA) is 94.7 Å². The number of carbonyl (C=O) groups is 1. The molecule has 2 N–H and O–H groups in total. The summed E-state index contributed by atoms with van der Waals surface area (Å²) in [5.41, 5.74) is 12.5. The number of urea groups is 1. The molecular formula is C28H25N3O4. The molecule has 0 bridgehead atoms. The van der Waals surface area contributed by atoms with Crippen LogP contribution in [0.15, 0.2) is 88.1 Å². The van der Waals surface area contributed by atoms with Crippen LogP contribution >= 0.6 is 0 Å². The van der Waals surface area contributed by atoms with Crippen LogP contribution < -0.4 is 10.8 Å². The van der Waals surface area contributed by atoms with Gasteiger partial charge in [0.25, 0.3) is 0 Å². The molecule has 7 nitrogen and oxygen atoms in total. The first-order valence-electron chi connectivity index (χ1n) is 11.3. The van der Waals surface area contributed by atoms with Crippen LogP contribution in [0, 0.1) is 13.8 Å². The van der Waals surface area contributed by atoms with Crippen molar-refractivity contribution in [3.05, 3.63) is 107 Å². The molecule has 2 aliphatic rings. The number of benzene rings is 2. The van der Waals surface area contributed by atoms with Gasteiger partial charge in [0, 0.05) is 23.1 Å². The molecule has 2 heterocycles. The molecule has 2 amide bonds. The van der Waals surface area contributed by atoms with E-state index in [1.54, 1.807) is 18.6 Å². The molecule has 7 heteroatoms. The lowest BCUT2D eigenvalue weighted by molar-refractivity contribution is 0.108. The molecule has 0 fully saturated rings. The van der Waals surface area contributed by atoms with E-state index in [0.29, 0.717) is 23.8 Å². The van der Waals surface area contributed by atoms with Gasteiger partial charge in [-0.2, -0.15) is 5.06 Å². The van der Waals surface area contributed by atoms with Crippen LogP contribution in [0.3, 0.4) is 0 Å². The molecular weight excluding hydrogens is 442 g/mol. The van der Waals surface area contributed by atoms with Crippen molar-refractivity contribution < 1.29 is 18.5 Å². The Morgan fingerprint density at radius 1 is 1.03 bits per heavy atom. The Balaban J connectivity index is 1.51. The number of primary amides is 1. The summed E-state index contributed by atoms with van der Waals surface area (Å²) < 4.78 is 11.3. The Morgan fingerprint density at radius 3 is 2.54 bits per heavy atom. The van der Waals surface area contributed by atoms with Gasteiger partial charge in [-0.3, -0.25) is 4.84 Å². The number of hydrogen-bond acceptors (Lipinski definition) is 5. The minimum Gasteiger partial charge on any atom is -0.472 e. The van der Waals surface area contributed by atoms with Gasteiger partial charge >= 0.3 is 6.03 Å². The van der Waals surface area contributed by atoms with E-state index >= 15 is 0 Å². The van der Waals surface area contributed by atoms with Crippen LogP contribution in [0.5, 0.6) is 0 Å². The first-order chi connectivity index (χ1) is 17.0. The number of anilines is 1. The quantitative estimate of drug-likeness (QED) is 0.285. The average molecular weight is 468 g/mol. The number of fused-ring (bicyclic) bond motifs is 1. The molecule has 0 spiro atoms. The molecule has 176 valence electrons. The van der Waals surface area contributed by atoms with Gasteiger partial charge in [0.15, 0.2) is 0 Å². The summed E-state index contributed by atoms with van der Waals surface area (Å²) in [7, 11) is 0. The second-order valence-corrected chi connectivity index (χ2v) is 8.40. The smallest absolute Gasteiger partial charge is 0.343 e. The number of amides is 2. The lowest BCUT2D eigenvalue weighted by Crippen LogP contribution is -2.36. The summed E-state index contributed by atoms with van der Waals surface area (Å²) >= 11 is 0. The normalized spacial score (nSPS) is 11.1. The van der Waals surface area contributed by atoms with E-state index in [2.05, 4.69) is 0 Å². The van der Waals surface area contributed by atoms with Crippen molar-refractivity contribution in [2.75, 3.05) is 5.06 Å². The number of aromatic nitrogens is 1. The number of rotatable bonds is 7. The van der Waals surface area contributed by atoms with Gasteiger partial charge < -0.3 is 14.6 Å². The Morgan fingerprint density at radius 2 is 1.80 bits per heavy atom. The van der Waals surface area contributed by atoms with Gasteiger partial charge in [-0.15, -0.1) is 0 Å². The molecule has 2 aromatic carbocycles. The SMILES string of the molecule is Cc1ccc(-c2nc(Cc3cc4coccc-4c3N(OCc3ccccc3)C(N)=O)c(C)o2)cc1. The predicted octanol–water partition coefficient (Wildman–Crippen LogP) is 6.26. The fourth-order valence-corrected chi connectivity index (χ4v) is 4.05. The summed E-state index contributed by atoms with van der Waals surface area (Å²) in [5.74, 6) is 1.26. The molecule has 0 saturated carbocycles. The Kier molecular flexibility index (Phi) is 6.08. The van der Waals surface area contributed by atoms with Crippen molar-refractivity contribution in [3.63, 3.8) is 0 Å². The van der Waals surface area contributed by atoms with E-state index in [-0.39, 0.29) is 6.61 Å². The van der Waals surface area contributed by atoms with Gasteiger partial charge in [-0.1, -0.05) is 48.0 Å². The summed E-state index contributed by atoms with van der Waals surface area (Å²) in [6, 6.07) is 20.7. The fourth-order valence-electron chi connectivity index (χ4n) is 4.05. The number of nitrogens with two attached hydrogens (primary N) is 1. The third kappa shape index (κ3) is 4.67. The van der Waals surface area contributed by atoms with Crippen LogP contribution in [-0.4, -0.2) is 11.0 Å². The summed E-state index contributed by atoms with van der Waals surface area (Å²) in [6.07, 6.45) is 3.61. The molecule has 0 atom stereocenters. The van der Waals surface area contributed by atoms with Crippen LogP contribution in [0.2, 0.25) is 0 Å². The number of hydrogen-bond donors (Lipinski definition) is 1. The van der Waals surface area contributed by atoms with E-state index < -0.39 is 6.03 Å². The second kappa shape index (κ2) is 9.48. The van der Waals surface area contributed by atoms with Crippen molar-refractivity contribution in [2.24, 2.45) is 5.73 Å². The zero-order valence-electron chi connectivity index (χ0n) is 19.5. The zero-order chi connectivity index (χ0) is 24.4. The van der Waals surface area contributed by atoms with E-state index in [1.807, 2.05) is 74.5 Å². The standard InChI is InChI=1S/C28H25N3O4/c1-18-8-10-21(11-9-18)27-30-25(19(2)35-27)15-22-14-23-17-33-13-12-24(23)26(22)31(28(29)32)34-16-20-6-4-3-5-7-20/h3-14,17H,15-16H2,1-2H3,(H2,29,32). The van der Waals surface area contributed by atoms with Gasteiger partial charge in [-0.25, -0.2) is 9.78 Å². The molecule has 1 aliphatic carbocycles. The molecule has 3 aromatic rings. The van der Waals surface area contributed by atoms with Crippen molar-refractivity contribution in [1.29, 1.82) is 0 Å². The van der Waals surface area contributed by atoms with Gasteiger partial charge in [0.05, 0.1) is 23.9 Å². The monoisotopic (exact) mass is 467 g/mol. The number of oxazole rings is 1. The Bertz CT molecular complexity index is 1420. The maximum Gasteiger partial charge on any atom is 0.343 e. The molecule has 35 heavy (non-hydrogen) atoms. The molecule has 0 saturated heterocycles. The van der Waals surface area contributed by atoms with Crippen molar-refractivity contribution in [2.45, 2.75) is 26.9 Å². The van der Waals surface area contributed by atoms with Gasteiger partial charge in [0.2, 0.25) is 5.89 Å². The minimum absolute atomic E-state index is 0.188. The first-order valence-corrected chi connectivity index (χ1v) is 11.3. The molecule has 5 rings (SSSR count). The summed E-state index contributed by atoms with van der Waals surface area (Å²) in [5, 5.41) is 1.15. The van der Waals surface area contributed by atoms with Gasteiger partial charge in [0.1, 0.15) is 12.4 Å². The highest BCUT2D eigenvalue weighted by atomic mass is 16.7.